The number of benzene rings is 1. The molecule has 3 amide bonds. The monoisotopic (exact) mass is 380 g/mol. The molecule has 25 heavy (non-hydrogen) atoms. The van der Waals surface area contributed by atoms with E-state index in [1.165, 1.54) is 11.8 Å². The fraction of sp³-hybridized carbons (Fsp3) is 0.353. The van der Waals surface area contributed by atoms with Crippen molar-refractivity contribution < 1.29 is 9.59 Å². The van der Waals surface area contributed by atoms with Gasteiger partial charge in [-0.1, -0.05) is 43.3 Å². The number of imide groups is 1. The number of aromatic nitrogens is 2. The number of carbonyl (C=O) groups excluding carboxylic acids is 2. The zero-order chi connectivity index (χ0) is 18.4. The maximum Gasteiger partial charge on any atom is 0.321 e. The molecule has 1 aromatic carbocycles. The van der Waals surface area contributed by atoms with Gasteiger partial charge in [-0.25, -0.2) is 9.78 Å². The van der Waals surface area contributed by atoms with Crippen molar-refractivity contribution in [1.29, 1.82) is 0 Å². The predicted molar refractivity (Wildman–Crippen MR) is 100 cm³/mol. The lowest BCUT2D eigenvalue weighted by Crippen LogP contribution is -2.43. The Kier molecular flexibility index (Phi) is 6.90. The number of rotatable bonds is 6. The Morgan fingerprint density at radius 3 is 2.76 bits per heavy atom. The smallest absolute Gasteiger partial charge is 0.321 e. The van der Waals surface area contributed by atoms with Crippen LogP contribution in [0.2, 0.25) is 5.02 Å². The summed E-state index contributed by atoms with van der Waals surface area (Å²) >= 11 is 7.30. The van der Waals surface area contributed by atoms with E-state index in [1.807, 2.05) is 36.6 Å². The summed E-state index contributed by atoms with van der Waals surface area (Å²) < 4.78 is 1.85. The van der Waals surface area contributed by atoms with Gasteiger partial charge in [-0.05, 0) is 31.0 Å². The highest BCUT2D eigenvalue weighted by atomic mass is 35.5. The number of hydrogen-bond acceptors (Lipinski definition) is 4. The predicted octanol–water partition coefficient (Wildman–Crippen LogP) is 3.49. The zero-order valence-electron chi connectivity index (χ0n) is 14.3. The lowest BCUT2D eigenvalue weighted by atomic mass is 10.2. The minimum absolute atomic E-state index is 0.317. The van der Waals surface area contributed by atoms with Crippen LogP contribution in [0, 0.1) is 5.92 Å². The molecule has 1 heterocycles. The minimum Gasteiger partial charge on any atom is -0.338 e. The van der Waals surface area contributed by atoms with Gasteiger partial charge in [0.15, 0.2) is 5.16 Å². The van der Waals surface area contributed by atoms with Crippen molar-refractivity contribution in [3.63, 3.8) is 0 Å². The van der Waals surface area contributed by atoms with E-state index in [4.69, 9.17) is 11.6 Å². The molecule has 1 aromatic heterocycles. The largest absolute Gasteiger partial charge is 0.338 e. The minimum atomic E-state index is -0.482. The first-order valence-corrected chi connectivity index (χ1v) is 9.17. The number of carbonyl (C=O) groups is 2. The van der Waals surface area contributed by atoms with Gasteiger partial charge in [0, 0.05) is 29.6 Å². The molecule has 1 unspecified atom stereocenters. The molecule has 0 bridgehead atoms. The van der Waals surface area contributed by atoms with Gasteiger partial charge >= 0.3 is 6.03 Å². The molecule has 6 nitrogen and oxygen atoms in total. The maximum atomic E-state index is 12.2. The summed E-state index contributed by atoms with van der Waals surface area (Å²) in [6.07, 6.45) is 3.46. The van der Waals surface area contributed by atoms with Gasteiger partial charge in [-0.2, -0.15) is 0 Å². The Balaban J connectivity index is 1.99. The van der Waals surface area contributed by atoms with Crippen LogP contribution in [-0.2, 0) is 4.79 Å². The first-order chi connectivity index (χ1) is 11.9. The van der Waals surface area contributed by atoms with E-state index in [0.29, 0.717) is 22.6 Å². The van der Waals surface area contributed by atoms with E-state index < -0.39 is 11.3 Å². The van der Waals surface area contributed by atoms with Crippen molar-refractivity contribution in [2.24, 2.45) is 5.92 Å². The lowest BCUT2D eigenvalue weighted by molar-refractivity contribution is -0.119. The molecule has 0 saturated heterocycles. The molecule has 0 spiro atoms. The second-order valence-corrected chi connectivity index (χ2v) is 7.66. The van der Waals surface area contributed by atoms with Crippen molar-refractivity contribution in [2.45, 2.75) is 31.2 Å². The molecule has 8 heteroatoms. The quantitative estimate of drug-likeness (QED) is 0.752. The van der Waals surface area contributed by atoms with Crippen LogP contribution in [0.1, 0.15) is 20.8 Å². The van der Waals surface area contributed by atoms with E-state index in [1.54, 1.807) is 25.4 Å². The third kappa shape index (κ3) is 5.79. The van der Waals surface area contributed by atoms with Crippen LogP contribution >= 0.6 is 23.4 Å². The SMILES string of the molecule is CC(C)CNC(=O)NC(=O)C(C)Sc1nccn1-c1cccc(Cl)c1. The van der Waals surface area contributed by atoms with Crippen molar-refractivity contribution in [3.8, 4) is 5.69 Å². The van der Waals surface area contributed by atoms with Crippen LogP contribution in [0.4, 0.5) is 4.79 Å². The fourth-order valence-corrected chi connectivity index (χ4v) is 3.03. The van der Waals surface area contributed by atoms with Crippen LogP contribution in [0.3, 0.4) is 0 Å². The van der Waals surface area contributed by atoms with Crippen LogP contribution < -0.4 is 10.6 Å². The third-order valence-corrected chi connectivity index (χ3v) is 4.57. The lowest BCUT2D eigenvalue weighted by Gasteiger charge is -2.13. The molecule has 0 aliphatic rings. The third-order valence-electron chi connectivity index (χ3n) is 3.25. The van der Waals surface area contributed by atoms with Crippen LogP contribution in [0.25, 0.3) is 5.69 Å². The van der Waals surface area contributed by atoms with Crippen molar-refractivity contribution >= 4 is 35.3 Å². The van der Waals surface area contributed by atoms with Crippen LogP contribution in [0.5, 0.6) is 0 Å². The number of hydrogen-bond donors (Lipinski definition) is 2. The van der Waals surface area contributed by atoms with Crippen molar-refractivity contribution in [2.75, 3.05) is 6.54 Å². The summed E-state index contributed by atoms with van der Waals surface area (Å²) in [5.74, 6) is -0.0512. The highest BCUT2D eigenvalue weighted by Gasteiger charge is 2.19. The van der Waals surface area contributed by atoms with Gasteiger partial charge in [-0.15, -0.1) is 0 Å². The highest BCUT2D eigenvalue weighted by molar-refractivity contribution is 8.00. The number of halogens is 1. The Bertz CT molecular complexity index is 748. The summed E-state index contributed by atoms with van der Waals surface area (Å²) in [5.41, 5.74) is 0.856. The van der Waals surface area contributed by atoms with Gasteiger partial charge in [0.2, 0.25) is 5.91 Å². The number of nitrogens with zero attached hydrogens (tertiary/aromatic N) is 2. The fourth-order valence-electron chi connectivity index (χ4n) is 1.97. The first-order valence-electron chi connectivity index (χ1n) is 7.91. The van der Waals surface area contributed by atoms with Gasteiger partial charge in [-0.3, -0.25) is 14.7 Å². The summed E-state index contributed by atoms with van der Waals surface area (Å²) in [6, 6.07) is 6.88. The van der Waals surface area contributed by atoms with Gasteiger partial charge in [0.05, 0.1) is 5.25 Å². The normalized spacial score (nSPS) is 12.0. The van der Waals surface area contributed by atoms with Crippen molar-refractivity contribution in [1.82, 2.24) is 20.2 Å². The molecule has 2 N–H and O–H groups in total. The van der Waals surface area contributed by atoms with E-state index in [0.717, 1.165) is 5.69 Å². The zero-order valence-corrected chi connectivity index (χ0v) is 15.9. The molecule has 134 valence electrons. The van der Waals surface area contributed by atoms with E-state index >= 15 is 0 Å². The Labute approximate surface area is 156 Å². The molecule has 0 aliphatic carbocycles. The van der Waals surface area contributed by atoms with Gasteiger partial charge in [0.1, 0.15) is 0 Å². The molecule has 0 fully saturated rings. The topological polar surface area (TPSA) is 76.0 Å². The molecular formula is C17H21ClN4O2S. The molecule has 1 atom stereocenters. The second kappa shape index (κ2) is 8.92. The van der Waals surface area contributed by atoms with Gasteiger partial charge < -0.3 is 5.32 Å². The average molecular weight is 381 g/mol. The average Bonchev–Trinajstić information content (AvgIpc) is 3.01. The standard InChI is InChI=1S/C17H21ClN4O2S/c1-11(2)10-20-16(24)21-15(23)12(3)25-17-19-7-8-22(17)14-6-4-5-13(18)9-14/h4-9,11-12H,10H2,1-3H3,(H2,20,21,23,24). The molecule has 2 rings (SSSR count). The first kappa shape index (κ1) is 19.3. The second-order valence-electron chi connectivity index (χ2n) is 5.91. The molecule has 0 aliphatic heterocycles. The highest BCUT2D eigenvalue weighted by Crippen LogP contribution is 2.25. The van der Waals surface area contributed by atoms with Crippen LogP contribution in [-0.4, -0.2) is 33.3 Å². The Morgan fingerprint density at radius 1 is 1.32 bits per heavy atom. The van der Waals surface area contributed by atoms with Crippen LogP contribution in [0.15, 0.2) is 41.8 Å². The van der Waals surface area contributed by atoms with Crippen molar-refractivity contribution in [3.05, 3.63) is 41.7 Å². The molecular weight excluding hydrogens is 360 g/mol. The maximum absolute atomic E-state index is 12.2. The number of amides is 3. The number of urea groups is 1. The van der Waals surface area contributed by atoms with E-state index in [9.17, 15) is 9.59 Å². The number of imidazole rings is 1. The summed E-state index contributed by atoms with van der Waals surface area (Å²) in [6.45, 7) is 6.21. The van der Waals surface area contributed by atoms with E-state index in [2.05, 4.69) is 15.6 Å². The molecule has 0 saturated carbocycles. The summed E-state index contributed by atoms with van der Waals surface area (Å²) in [4.78, 5) is 28.2. The number of thioether (sulfide) groups is 1. The van der Waals surface area contributed by atoms with Gasteiger partial charge in [0.25, 0.3) is 0 Å². The number of nitrogens with one attached hydrogen (secondary N) is 2. The summed E-state index contributed by atoms with van der Waals surface area (Å²) in [5, 5.41) is 5.79. The summed E-state index contributed by atoms with van der Waals surface area (Å²) in [7, 11) is 0. The Morgan fingerprint density at radius 2 is 2.08 bits per heavy atom. The Hall–Kier alpha value is -1.99. The molecule has 2 aromatic rings. The van der Waals surface area contributed by atoms with E-state index in [-0.39, 0.29) is 5.91 Å². The molecule has 0 radical (unpaired) electrons.